The highest BCUT2D eigenvalue weighted by atomic mass is 32.2. The molecule has 2 aromatic carbocycles. The number of hydrogen-bond acceptors (Lipinski definition) is 8. The molecule has 0 bridgehead atoms. The monoisotopic (exact) mass is 559 g/mol. The van der Waals surface area contributed by atoms with Crippen molar-refractivity contribution in [2.24, 2.45) is 5.41 Å². The fraction of sp³-hybridized carbons (Fsp3) is 0.387. The summed E-state index contributed by atoms with van der Waals surface area (Å²) in [5.74, 6) is 1.74. The minimum atomic E-state index is -3.30. The smallest absolute Gasteiger partial charge is 0.228 e. The van der Waals surface area contributed by atoms with E-state index in [1.165, 1.54) is 0 Å². The number of aryl methyl sites for hydroxylation is 1. The molecule has 0 radical (unpaired) electrons. The number of nitrogens with one attached hydrogen (secondary N) is 2. The molecule has 0 aliphatic carbocycles. The molecule has 4 aromatic rings. The van der Waals surface area contributed by atoms with Gasteiger partial charge in [0, 0.05) is 30.4 Å². The van der Waals surface area contributed by atoms with Crippen molar-refractivity contribution in [2.45, 2.75) is 52.3 Å². The SMILES string of the molecule is Cc1ccc2c(CS(=O)(=O)CC(C)(C)C)cccc2c1Oc1ncccc1-c1ccnc(N[C@H]2CCCNC2)n1. The summed E-state index contributed by atoms with van der Waals surface area (Å²) in [6, 6.07) is 15.6. The molecule has 2 N–H and O–H groups in total. The van der Waals surface area contributed by atoms with Gasteiger partial charge in [-0.3, -0.25) is 0 Å². The molecule has 210 valence electrons. The van der Waals surface area contributed by atoms with E-state index >= 15 is 0 Å². The Balaban J connectivity index is 1.47. The number of pyridine rings is 1. The zero-order chi connectivity index (χ0) is 28.3. The van der Waals surface area contributed by atoms with Crippen molar-refractivity contribution >= 4 is 26.6 Å². The number of ether oxygens (including phenoxy) is 1. The first-order chi connectivity index (χ1) is 19.1. The van der Waals surface area contributed by atoms with Crippen molar-refractivity contribution in [1.82, 2.24) is 20.3 Å². The van der Waals surface area contributed by atoms with Gasteiger partial charge in [0.05, 0.1) is 22.8 Å². The molecule has 1 fully saturated rings. The molecule has 40 heavy (non-hydrogen) atoms. The normalized spacial score (nSPS) is 16.1. The molecule has 2 aromatic heterocycles. The molecule has 8 nitrogen and oxygen atoms in total. The van der Waals surface area contributed by atoms with Gasteiger partial charge in [-0.2, -0.15) is 0 Å². The molecule has 0 unspecified atom stereocenters. The second-order valence-corrected chi connectivity index (χ2v) is 13.8. The van der Waals surface area contributed by atoms with Crippen molar-refractivity contribution in [3.8, 4) is 22.9 Å². The third-order valence-corrected chi connectivity index (χ3v) is 8.92. The average molecular weight is 560 g/mol. The summed E-state index contributed by atoms with van der Waals surface area (Å²) in [5.41, 5.74) is 2.82. The third kappa shape index (κ3) is 6.77. The topological polar surface area (TPSA) is 106 Å². The van der Waals surface area contributed by atoms with Gasteiger partial charge in [-0.1, -0.05) is 51.1 Å². The van der Waals surface area contributed by atoms with Gasteiger partial charge in [-0.05, 0) is 66.4 Å². The Hall–Kier alpha value is -3.56. The lowest BCUT2D eigenvalue weighted by Crippen LogP contribution is -2.38. The Morgan fingerprint density at radius 3 is 2.65 bits per heavy atom. The van der Waals surface area contributed by atoms with E-state index in [1.807, 2.05) is 76.2 Å². The lowest BCUT2D eigenvalue weighted by molar-refractivity contribution is 0.461. The van der Waals surface area contributed by atoms with Crippen molar-refractivity contribution in [2.75, 3.05) is 24.2 Å². The van der Waals surface area contributed by atoms with Gasteiger partial charge in [0.15, 0.2) is 9.84 Å². The molecule has 3 heterocycles. The molecular weight excluding hydrogens is 522 g/mol. The molecule has 1 saturated heterocycles. The van der Waals surface area contributed by atoms with E-state index in [0.29, 0.717) is 23.3 Å². The predicted octanol–water partition coefficient (Wildman–Crippen LogP) is 5.92. The maximum atomic E-state index is 13.0. The van der Waals surface area contributed by atoms with Crippen LogP contribution in [0.25, 0.3) is 22.0 Å². The van der Waals surface area contributed by atoms with Crippen LogP contribution in [0.5, 0.6) is 11.6 Å². The van der Waals surface area contributed by atoms with Crippen LogP contribution in [0.2, 0.25) is 0 Å². The minimum absolute atomic E-state index is 0.0217. The summed E-state index contributed by atoms with van der Waals surface area (Å²) in [7, 11) is -3.30. The van der Waals surface area contributed by atoms with Crippen LogP contribution in [-0.2, 0) is 15.6 Å². The highest BCUT2D eigenvalue weighted by Crippen LogP contribution is 2.38. The maximum absolute atomic E-state index is 13.0. The second-order valence-electron chi connectivity index (χ2n) is 11.7. The predicted molar refractivity (Wildman–Crippen MR) is 160 cm³/mol. The Morgan fingerprint density at radius 2 is 1.88 bits per heavy atom. The first-order valence-corrected chi connectivity index (χ1v) is 15.6. The van der Waals surface area contributed by atoms with E-state index in [-0.39, 0.29) is 23.0 Å². The van der Waals surface area contributed by atoms with Crippen LogP contribution in [0.1, 0.15) is 44.7 Å². The van der Waals surface area contributed by atoms with Crippen molar-refractivity contribution in [1.29, 1.82) is 0 Å². The maximum Gasteiger partial charge on any atom is 0.228 e. The lowest BCUT2D eigenvalue weighted by Gasteiger charge is -2.23. The summed E-state index contributed by atoms with van der Waals surface area (Å²) in [6.45, 7) is 9.73. The quantitative estimate of drug-likeness (QED) is 0.274. The van der Waals surface area contributed by atoms with Gasteiger partial charge < -0.3 is 15.4 Å². The summed E-state index contributed by atoms with van der Waals surface area (Å²) in [6.07, 6.45) is 5.62. The van der Waals surface area contributed by atoms with Crippen LogP contribution in [0.4, 0.5) is 5.95 Å². The molecule has 0 saturated carbocycles. The van der Waals surface area contributed by atoms with Gasteiger partial charge in [-0.15, -0.1) is 0 Å². The number of nitrogens with zero attached hydrogens (tertiary/aromatic N) is 3. The minimum Gasteiger partial charge on any atom is -0.437 e. The number of benzene rings is 2. The Kier molecular flexibility index (Phi) is 8.05. The van der Waals surface area contributed by atoms with Gasteiger partial charge in [0.1, 0.15) is 5.75 Å². The van der Waals surface area contributed by atoms with E-state index in [1.54, 1.807) is 12.4 Å². The standard InChI is InChI=1S/C31H37N5O3S/c1-21-12-13-24-22(19-40(37,38)20-31(2,3)4)8-5-10-25(24)28(21)39-29-26(11-7-16-33-29)27-14-17-34-30(36-27)35-23-9-6-15-32-18-23/h5,7-8,10-14,16-17,23,32H,6,9,15,18-20H2,1-4H3,(H,34,35,36)/t23-/m0/s1. The molecule has 0 spiro atoms. The van der Waals surface area contributed by atoms with E-state index < -0.39 is 9.84 Å². The fourth-order valence-corrected chi connectivity index (χ4v) is 7.36. The van der Waals surface area contributed by atoms with Gasteiger partial charge >= 0.3 is 0 Å². The molecule has 5 rings (SSSR count). The molecule has 0 amide bonds. The number of rotatable bonds is 8. The zero-order valence-corrected chi connectivity index (χ0v) is 24.4. The fourth-order valence-electron chi connectivity index (χ4n) is 5.21. The van der Waals surface area contributed by atoms with Crippen LogP contribution in [0.3, 0.4) is 0 Å². The van der Waals surface area contributed by atoms with Crippen LogP contribution in [0, 0.1) is 12.3 Å². The van der Waals surface area contributed by atoms with Gasteiger partial charge in [0.2, 0.25) is 11.8 Å². The number of anilines is 1. The first-order valence-electron chi connectivity index (χ1n) is 13.7. The van der Waals surface area contributed by atoms with E-state index in [2.05, 4.69) is 20.6 Å². The van der Waals surface area contributed by atoms with Crippen molar-refractivity contribution in [3.05, 3.63) is 72.1 Å². The Labute approximate surface area is 236 Å². The van der Waals surface area contributed by atoms with Crippen LogP contribution >= 0.6 is 0 Å². The number of fused-ring (bicyclic) bond motifs is 1. The Morgan fingerprint density at radius 1 is 1.02 bits per heavy atom. The van der Waals surface area contributed by atoms with Gasteiger partial charge in [-0.25, -0.2) is 23.4 Å². The number of piperidine rings is 1. The van der Waals surface area contributed by atoms with E-state index in [9.17, 15) is 8.42 Å². The average Bonchev–Trinajstić information content (AvgIpc) is 2.90. The zero-order valence-electron chi connectivity index (χ0n) is 23.6. The highest BCUT2D eigenvalue weighted by molar-refractivity contribution is 7.90. The van der Waals surface area contributed by atoms with Crippen molar-refractivity contribution < 1.29 is 13.2 Å². The summed E-state index contributed by atoms with van der Waals surface area (Å²) in [4.78, 5) is 13.8. The third-order valence-electron chi connectivity index (χ3n) is 6.86. The van der Waals surface area contributed by atoms with Gasteiger partial charge in [0.25, 0.3) is 0 Å². The highest BCUT2D eigenvalue weighted by Gasteiger charge is 2.23. The Bertz CT molecular complexity index is 1610. The molecule has 1 aliphatic heterocycles. The molecule has 9 heteroatoms. The summed E-state index contributed by atoms with van der Waals surface area (Å²) >= 11 is 0. The van der Waals surface area contributed by atoms with Crippen LogP contribution in [-0.4, -0.2) is 48.3 Å². The largest absolute Gasteiger partial charge is 0.437 e. The number of hydrogen-bond donors (Lipinski definition) is 2. The van der Waals surface area contributed by atoms with Crippen LogP contribution in [0.15, 0.2) is 60.9 Å². The second kappa shape index (κ2) is 11.5. The number of sulfone groups is 1. The molecular formula is C31H37N5O3S. The van der Waals surface area contributed by atoms with E-state index in [4.69, 9.17) is 9.72 Å². The van der Waals surface area contributed by atoms with Crippen molar-refractivity contribution in [3.63, 3.8) is 0 Å². The van der Waals surface area contributed by atoms with E-state index in [0.717, 1.165) is 53.4 Å². The summed E-state index contributed by atoms with van der Waals surface area (Å²) < 4.78 is 32.5. The lowest BCUT2D eigenvalue weighted by atomic mass is 10.0. The first kappa shape index (κ1) is 28.0. The molecule has 1 atom stereocenters. The number of aromatic nitrogens is 3. The van der Waals surface area contributed by atoms with Crippen LogP contribution < -0.4 is 15.4 Å². The summed E-state index contributed by atoms with van der Waals surface area (Å²) in [5, 5.41) is 8.54. The molecule has 1 aliphatic rings.